The van der Waals surface area contributed by atoms with Crippen molar-refractivity contribution in [2.24, 2.45) is 0 Å². The number of hydrogen-bond donors (Lipinski definition) is 2. The topological polar surface area (TPSA) is 61.2 Å². The molecular weight excluding hydrogens is 114 g/mol. The van der Waals surface area contributed by atoms with Crippen LogP contribution in [-0.2, 0) is 11.1 Å². The summed E-state index contributed by atoms with van der Waals surface area (Å²) in [6.07, 6.45) is 1.51. The lowest BCUT2D eigenvalue weighted by molar-refractivity contribution is 0.564. The highest BCUT2D eigenvalue weighted by atomic mass is 32.2. The molecule has 0 aromatic carbocycles. The monoisotopic (exact) mass is 121 g/mol. The van der Waals surface area contributed by atoms with Gasteiger partial charge in [0, 0.05) is 0 Å². The van der Waals surface area contributed by atoms with E-state index in [1.165, 1.54) is 0 Å². The van der Waals surface area contributed by atoms with Crippen molar-refractivity contribution in [3.05, 3.63) is 0 Å². The largest absolute Gasteiger partial charge is 0.313 e. The molecule has 0 rings (SSSR count). The van der Waals surface area contributed by atoms with Crippen molar-refractivity contribution in [3.63, 3.8) is 0 Å². The van der Waals surface area contributed by atoms with Gasteiger partial charge in [0.1, 0.15) is 0 Å². The van der Waals surface area contributed by atoms with Gasteiger partial charge in [-0.1, -0.05) is 0 Å². The molecule has 0 amide bonds. The summed E-state index contributed by atoms with van der Waals surface area (Å²) in [4.78, 5) is 0. The Balaban J connectivity index is 2.97. The van der Waals surface area contributed by atoms with Gasteiger partial charge in [-0.25, -0.2) is 4.21 Å². The Morgan fingerprint density at radius 2 is 2.43 bits per heavy atom. The summed E-state index contributed by atoms with van der Waals surface area (Å²) in [5.41, 5.74) is 0. The Hall–Kier alpha value is -0.220. The zero-order valence-corrected chi connectivity index (χ0v) is 4.57. The minimum atomic E-state index is -1.72. The Labute approximate surface area is 44.5 Å². The van der Waals surface area contributed by atoms with Crippen molar-refractivity contribution in [2.45, 2.75) is 6.42 Å². The van der Waals surface area contributed by atoms with E-state index >= 15 is 0 Å². The van der Waals surface area contributed by atoms with Crippen LogP contribution in [-0.4, -0.2) is 20.7 Å². The fourth-order valence-electron chi connectivity index (χ4n) is 0.160. The van der Waals surface area contributed by atoms with Gasteiger partial charge >= 0.3 is 0 Å². The lowest BCUT2D eigenvalue weighted by Gasteiger charge is -1.82. The third-order valence-electron chi connectivity index (χ3n) is 0.437. The van der Waals surface area contributed by atoms with Gasteiger partial charge in [-0.2, -0.15) is 0 Å². The summed E-state index contributed by atoms with van der Waals surface area (Å²) < 4.78 is 17.8. The van der Waals surface area contributed by atoms with Crippen LogP contribution in [0.15, 0.2) is 0 Å². The summed E-state index contributed by atoms with van der Waals surface area (Å²) in [7, 11) is 0. The molecule has 0 aliphatic carbocycles. The predicted octanol–water partition coefficient (Wildman–Crippen LogP) is 0.248. The SMILES string of the molecule is N=CCCS(=O)O. The maximum atomic E-state index is 9.77. The van der Waals surface area contributed by atoms with Gasteiger partial charge in [0.25, 0.3) is 0 Å². The van der Waals surface area contributed by atoms with E-state index in [1.54, 1.807) is 0 Å². The molecule has 4 heteroatoms. The Morgan fingerprint density at radius 1 is 1.86 bits per heavy atom. The molecule has 42 valence electrons. The van der Waals surface area contributed by atoms with Crippen LogP contribution in [0.5, 0.6) is 0 Å². The fourth-order valence-corrected chi connectivity index (χ4v) is 0.479. The second-order valence-corrected chi connectivity index (χ2v) is 2.07. The predicted molar refractivity (Wildman–Crippen MR) is 29.0 cm³/mol. The molecule has 2 N–H and O–H groups in total. The Morgan fingerprint density at radius 3 is 2.57 bits per heavy atom. The van der Waals surface area contributed by atoms with E-state index in [-0.39, 0.29) is 5.75 Å². The third-order valence-corrected chi connectivity index (χ3v) is 1.02. The molecule has 3 nitrogen and oxygen atoms in total. The van der Waals surface area contributed by atoms with Crippen molar-refractivity contribution in [1.82, 2.24) is 0 Å². The number of hydrogen-bond acceptors (Lipinski definition) is 2. The quantitative estimate of drug-likeness (QED) is 0.415. The van der Waals surface area contributed by atoms with E-state index in [0.717, 1.165) is 6.21 Å². The van der Waals surface area contributed by atoms with Crippen LogP contribution in [0.1, 0.15) is 6.42 Å². The zero-order chi connectivity index (χ0) is 5.70. The van der Waals surface area contributed by atoms with Gasteiger partial charge in [0.2, 0.25) is 0 Å². The maximum Gasteiger partial charge on any atom is 0.153 e. The van der Waals surface area contributed by atoms with Crippen LogP contribution < -0.4 is 0 Å². The highest BCUT2D eigenvalue weighted by molar-refractivity contribution is 7.79. The van der Waals surface area contributed by atoms with Gasteiger partial charge in [0.05, 0.1) is 5.75 Å². The van der Waals surface area contributed by atoms with E-state index in [4.69, 9.17) is 9.96 Å². The first-order valence-corrected chi connectivity index (χ1v) is 3.11. The fraction of sp³-hybridized carbons (Fsp3) is 0.667. The Kier molecular flexibility index (Phi) is 3.83. The molecule has 7 heavy (non-hydrogen) atoms. The molecule has 0 heterocycles. The third kappa shape index (κ3) is 5.78. The lowest BCUT2D eigenvalue weighted by atomic mass is 10.5. The maximum absolute atomic E-state index is 9.77. The molecule has 0 aliphatic rings. The molecule has 1 unspecified atom stereocenters. The molecule has 0 bridgehead atoms. The summed E-state index contributed by atoms with van der Waals surface area (Å²) in [6, 6.07) is 0. The molecule has 0 saturated heterocycles. The van der Waals surface area contributed by atoms with Crippen LogP contribution in [0.25, 0.3) is 0 Å². The van der Waals surface area contributed by atoms with Gasteiger partial charge < -0.3 is 9.96 Å². The van der Waals surface area contributed by atoms with Crippen molar-refractivity contribution in [2.75, 3.05) is 5.75 Å². The first-order chi connectivity index (χ1) is 3.27. The van der Waals surface area contributed by atoms with Gasteiger partial charge in [-0.05, 0) is 12.6 Å². The summed E-state index contributed by atoms with van der Waals surface area (Å²) in [5.74, 6) is 0.184. The Bertz CT molecular complexity index is 83.0. The molecule has 0 fully saturated rings. The van der Waals surface area contributed by atoms with Crippen molar-refractivity contribution < 1.29 is 8.76 Å². The van der Waals surface area contributed by atoms with Gasteiger partial charge in [-0.3, -0.25) is 0 Å². The summed E-state index contributed by atoms with van der Waals surface area (Å²) >= 11 is -1.72. The van der Waals surface area contributed by atoms with Crippen LogP contribution in [0.4, 0.5) is 0 Å². The van der Waals surface area contributed by atoms with Crippen LogP contribution in [0.3, 0.4) is 0 Å². The smallest absolute Gasteiger partial charge is 0.153 e. The molecular formula is C3H7NO2S. The molecule has 0 aromatic heterocycles. The van der Waals surface area contributed by atoms with Crippen LogP contribution in [0, 0.1) is 5.41 Å². The highest BCUT2D eigenvalue weighted by Crippen LogP contribution is 1.75. The average Bonchev–Trinajstić information content (AvgIpc) is 1.61. The first kappa shape index (κ1) is 6.78. The van der Waals surface area contributed by atoms with Crippen molar-refractivity contribution >= 4 is 17.3 Å². The average molecular weight is 121 g/mol. The van der Waals surface area contributed by atoms with Crippen LogP contribution >= 0.6 is 0 Å². The summed E-state index contributed by atoms with van der Waals surface area (Å²) in [6.45, 7) is 0. The second-order valence-electron chi connectivity index (χ2n) is 1.02. The van der Waals surface area contributed by atoms with Crippen LogP contribution in [0.2, 0.25) is 0 Å². The molecule has 0 aromatic rings. The molecule has 1 atom stereocenters. The second kappa shape index (κ2) is 3.95. The summed E-state index contributed by atoms with van der Waals surface area (Å²) in [5, 5.41) is 6.43. The number of nitrogens with one attached hydrogen (secondary N) is 1. The zero-order valence-electron chi connectivity index (χ0n) is 3.76. The van der Waals surface area contributed by atoms with Gasteiger partial charge in [-0.15, -0.1) is 0 Å². The van der Waals surface area contributed by atoms with Crippen molar-refractivity contribution in [3.8, 4) is 0 Å². The number of rotatable bonds is 3. The highest BCUT2D eigenvalue weighted by Gasteiger charge is 1.86. The minimum absolute atomic E-state index is 0.184. The van der Waals surface area contributed by atoms with E-state index < -0.39 is 11.1 Å². The molecule has 0 saturated carbocycles. The normalized spacial score (nSPS) is 13.3. The van der Waals surface area contributed by atoms with E-state index in [9.17, 15) is 4.21 Å². The minimum Gasteiger partial charge on any atom is -0.313 e. The first-order valence-electron chi connectivity index (χ1n) is 1.83. The molecule has 0 spiro atoms. The molecule has 0 radical (unpaired) electrons. The van der Waals surface area contributed by atoms with E-state index in [0.29, 0.717) is 6.42 Å². The standard InChI is InChI=1S/C3H7NO2S/c4-2-1-3-7(5)6/h2,4H,1,3H2,(H,5,6). The lowest BCUT2D eigenvalue weighted by Crippen LogP contribution is -1.93. The molecule has 0 aliphatic heterocycles. The van der Waals surface area contributed by atoms with Gasteiger partial charge in [0.15, 0.2) is 11.1 Å². The van der Waals surface area contributed by atoms with Crippen molar-refractivity contribution in [1.29, 1.82) is 5.41 Å². The van der Waals surface area contributed by atoms with E-state index in [1.807, 2.05) is 0 Å². The van der Waals surface area contributed by atoms with E-state index in [2.05, 4.69) is 0 Å².